The minimum atomic E-state index is -1.07. The van der Waals surface area contributed by atoms with Crippen molar-refractivity contribution < 1.29 is 37.8 Å². The molecule has 0 unspecified atom stereocenters. The number of amides is 3. The van der Waals surface area contributed by atoms with Crippen LogP contribution >= 0.6 is 23.4 Å². The Morgan fingerprint density at radius 1 is 1.22 bits per heavy atom. The van der Waals surface area contributed by atoms with Crippen LogP contribution in [0.25, 0.3) is 6.08 Å². The third-order valence-corrected chi connectivity index (χ3v) is 6.03. The maximum atomic E-state index is 13.0. The molecule has 0 aromatic heterocycles. The Balaban J connectivity index is 1.74. The van der Waals surface area contributed by atoms with Gasteiger partial charge in [-0.1, -0.05) is 11.6 Å². The van der Waals surface area contributed by atoms with Crippen LogP contribution in [0.5, 0.6) is 11.5 Å². The van der Waals surface area contributed by atoms with Gasteiger partial charge >= 0.3 is 5.97 Å². The molecule has 0 aliphatic carbocycles. The lowest BCUT2D eigenvalue weighted by molar-refractivity contribution is -0.150. The summed E-state index contributed by atoms with van der Waals surface area (Å²) >= 11 is 7.02. The van der Waals surface area contributed by atoms with Crippen molar-refractivity contribution in [2.24, 2.45) is 0 Å². The zero-order valence-corrected chi connectivity index (χ0v) is 21.1. The molecule has 36 heavy (non-hydrogen) atoms. The minimum Gasteiger partial charge on any atom is -0.493 e. The van der Waals surface area contributed by atoms with Crippen molar-refractivity contribution in [2.45, 2.75) is 19.9 Å². The number of ether oxygens (including phenoxy) is 3. The summed E-state index contributed by atoms with van der Waals surface area (Å²) in [6.07, 6.45) is 1.43. The number of anilines is 1. The second kappa shape index (κ2) is 11.9. The lowest BCUT2D eigenvalue weighted by Gasteiger charge is -2.19. The molecule has 0 radical (unpaired) electrons. The van der Waals surface area contributed by atoms with E-state index in [2.05, 4.69) is 5.32 Å². The SMILES string of the molecule is CCOC(=O)[C@H](C)N1C(=O)S/C(=C/c2cc(Cl)c(OCC(=O)Nc3ccc(F)cc3)c(OC)c2)C1=O. The molecular formula is C24H22ClFN2O7S. The van der Waals surface area contributed by atoms with Gasteiger partial charge in [0.05, 0.1) is 23.6 Å². The summed E-state index contributed by atoms with van der Waals surface area (Å²) in [5.74, 6) is -1.99. The van der Waals surface area contributed by atoms with Crippen LogP contribution in [0.15, 0.2) is 41.3 Å². The molecule has 1 saturated heterocycles. The fourth-order valence-corrected chi connectivity index (χ4v) is 4.35. The number of benzene rings is 2. The smallest absolute Gasteiger partial charge is 0.329 e. The first-order chi connectivity index (χ1) is 17.1. The first-order valence-corrected chi connectivity index (χ1v) is 11.8. The maximum absolute atomic E-state index is 13.0. The lowest BCUT2D eigenvalue weighted by Crippen LogP contribution is -2.42. The van der Waals surface area contributed by atoms with Gasteiger partial charge in [0.2, 0.25) is 0 Å². The van der Waals surface area contributed by atoms with Gasteiger partial charge in [0.25, 0.3) is 17.1 Å². The van der Waals surface area contributed by atoms with Crippen LogP contribution in [-0.4, -0.2) is 54.3 Å². The minimum absolute atomic E-state index is 0.0848. The predicted octanol–water partition coefficient (Wildman–Crippen LogP) is 4.49. The second-order valence-corrected chi connectivity index (χ2v) is 8.76. The van der Waals surface area contributed by atoms with Crippen LogP contribution in [0, 0.1) is 5.82 Å². The Kier molecular flexibility index (Phi) is 8.94. The first-order valence-electron chi connectivity index (χ1n) is 10.6. The summed E-state index contributed by atoms with van der Waals surface area (Å²) in [6, 6.07) is 7.15. The van der Waals surface area contributed by atoms with Crippen LogP contribution in [-0.2, 0) is 19.1 Å². The van der Waals surface area contributed by atoms with E-state index >= 15 is 0 Å². The highest BCUT2D eigenvalue weighted by Gasteiger charge is 2.41. The van der Waals surface area contributed by atoms with Gasteiger partial charge in [-0.05, 0) is 73.6 Å². The van der Waals surface area contributed by atoms with Crippen molar-refractivity contribution >= 4 is 58.1 Å². The third-order valence-electron chi connectivity index (χ3n) is 4.86. The van der Waals surface area contributed by atoms with Gasteiger partial charge in [0.1, 0.15) is 11.9 Å². The van der Waals surface area contributed by atoms with Gasteiger partial charge in [-0.25, -0.2) is 9.18 Å². The van der Waals surface area contributed by atoms with E-state index in [9.17, 15) is 23.6 Å². The lowest BCUT2D eigenvalue weighted by atomic mass is 10.1. The van der Waals surface area contributed by atoms with Crippen molar-refractivity contribution in [2.75, 3.05) is 25.6 Å². The van der Waals surface area contributed by atoms with Gasteiger partial charge in [0.15, 0.2) is 18.1 Å². The molecule has 3 rings (SSSR count). The third kappa shape index (κ3) is 6.35. The van der Waals surface area contributed by atoms with E-state index in [4.69, 9.17) is 25.8 Å². The number of nitrogens with zero attached hydrogens (tertiary/aromatic N) is 1. The normalized spacial score (nSPS) is 15.1. The van der Waals surface area contributed by atoms with Crippen molar-refractivity contribution in [3.63, 3.8) is 0 Å². The average molecular weight is 537 g/mol. The molecule has 3 amide bonds. The topological polar surface area (TPSA) is 111 Å². The summed E-state index contributed by atoms with van der Waals surface area (Å²) < 4.78 is 28.8. The van der Waals surface area contributed by atoms with Gasteiger partial charge in [-0.3, -0.25) is 19.3 Å². The monoisotopic (exact) mass is 536 g/mol. The average Bonchev–Trinajstić information content (AvgIpc) is 3.11. The molecule has 2 aromatic rings. The summed E-state index contributed by atoms with van der Waals surface area (Å²) in [5, 5.41) is 2.05. The highest BCUT2D eigenvalue weighted by atomic mass is 35.5. The molecular weight excluding hydrogens is 515 g/mol. The second-order valence-electron chi connectivity index (χ2n) is 7.36. The highest BCUT2D eigenvalue weighted by molar-refractivity contribution is 8.18. The molecule has 0 spiro atoms. The van der Waals surface area contributed by atoms with Crippen LogP contribution in [0.3, 0.4) is 0 Å². The molecule has 1 aliphatic heterocycles. The molecule has 0 bridgehead atoms. The molecule has 2 aromatic carbocycles. The molecule has 1 N–H and O–H groups in total. The van der Waals surface area contributed by atoms with E-state index in [-0.39, 0.29) is 28.0 Å². The number of halogens is 2. The molecule has 1 aliphatic rings. The van der Waals surface area contributed by atoms with Crippen LogP contribution in [0.1, 0.15) is 19.4 Å². The predicted molar refractivity (Wildman–Crippen MR) is 132 cm³/mol. The number of methoxy groups -OCH3 is 1. The molecule has 0 saturated carbocycles. The van der Waals surface area contributed by atoms with Crippen LogP contribution in [0.2, 0.25) is 5.02 Å². The Hall–Kier alpha value is -3.57. The Morgan fingerprint density at radius 3 is 2.56 bits per heavy atom. The molecule has 12 heteroatoms. The Labute approximate surface area is 215 Å². The fraction of sp³-hybridized carbons (Fsp3) is 0.250. The highest BCUT2D eigenvalue weighted by Crippen LogP contribution is 2.39. The number of nitrogens with one attached hydrogen (secondary N) is 1. The summed E-state index contributed by atoms with van der Waals surface area (Å²) in [4.78, 5) is 50.2. The molecule has 1 atom stereocenters. The van der Waals surface area contributed by atoms with Gasteiger partial charge in [-0.15, -0.1) is 0 Å². The summed E-state index contributed by atoms with van der Waals surface area (Å²) in [5.41, 5.74) is 0.818. The van der Waals surface area contributed by atoms with Gasteiger partial charge < -0.3 is 19.5 Å². The van der Waals surface area contributed by atoms with E-state index in [1.54, 1.807) is 6.92 Å². The van der Waals surface area contributed by atoms with Gasteiger partial charge in [-0.2, -0.15) is 0 Å². The zero-order valence-electron chi connectivity index (χ0n) is 19.5. The summed E-state index contributed by atoms with van der Waals surface area (Å²) in [7, 11) is 1.37. The van der Waals surface area contributed by atoms with E-state index in [0.717, 1.165) is 4.90 Å². The van der Waals surface area contributed by atoms with Crippen molar-refractivity contribution in [3.05, 3.63) is 57.7 Å². The van der Waals surface area contributed by atoms with Crippen molar-refractivity contribution in [1.82, 2.24) is 4.90 Å². The van der Waals surface area contributed by atoms with Crippen molar-refractivity contribution in [3.8, 4) is 11.5 Å². The number of carbonyl (C=O) groups is 4. The molecule has 9 nitrogen and oxygen atoms in total. The quantitative estimate of drug-likeness (QED) is 0.368. The largest absolute Gasteiger partial charge is 0.493 e. The van der Waals surface area contributed by atoms with E-state index in [1.165, 1.54) is 56.5 Å². The van der Waals surface area contributed by atoms with Crippen LogP contribution < -0.4 is 14.8 Å². The van der Waals surface area contributed by atoms with E-state index in [1.807, 2.05) is 0 Å². The number of carbonyl (C=O) groups excluding carboxylic acids is 4. The number of thioether (sulfide) groups is 1. The Morgan fingerprint density at radius 2 is 1.92 bits per heavy atom. The molecule has 1 heterocycles. The maximum Gasteiger partial charge on any atom is 0.329 e. The standard InChI is InChI=1S/C24H22ClFN2O7S/c1-4-34-23(31)13(2)28-22(30)19(36-24(28)32)11-14-9-17(25)21(18(10-14)33-3)35-12-20(29)27-16-7-5-15(26)6-8-16/h5-11,13H,4,12H2,1-3H3,(H,27,29)/b19-11+/t13-/m0/s1. The van der Waals surface area contributed by atoms with Crippen LogP contribution in [0.4, 0.5) is 14.9 Å². The Bertz CT molecular complexity index is 1220. The molecule has 190 valence electrons. The van der Waals surface area contributed by atoms with E-state index < -0.39 is 41.5 Å². The summed E-state index contributed by atoms with van der Waals surface area (Å²) in [6.45, 7) is 2.75. The van der Waals surface area contributed by atoms with Crippen molar-refractivity contribution in [1.29, 1.82) is 0 Å². The first kappa shape index (κ1) is 27.0. The van der Waals surface area contributed by atoms with Gasteiger partial charge in [0, 0.05) is 5.69 Å². The number of hydrogen-bond acceptors (Lipinski definition) is 8. The van der Waals surface area contributed by atoms with E-state index in [0.29, 0.717) is 23.0 Å². The fourth-order valence-electron chi connectivity index (χ4n) is 3.16. The number of esters is 1. The number of rotatable bonds is 9. The zero-order chi connectivity index (χ0) is 26.4. The number of hydrogen-bond donors (Lipinski definition) is 1. The number of imide groups is 1. The molecule has 1 fully saturated rings.